The molecule has 0 atom stereocenters. The summed E-state index contributed by atoms with van der Waals surface area (Å²) in [6.07, 6.45) is 0. The van der Waals surface area contributed by atoms with Gasteiger partial charge in [-0.1, -0.05) is 30.3 Å². The fourth-order valence-electron chi connectivity index (χ4n) is 4.19. The van der Waals surface area contributed by atoms with Gasteiger partial charge >= 0.3 is 0 Å². The molecular formula is C22H19N2+. The van der Waals surface area contributed by atoms with Crippen LogP contribution in [0.25, 0.3) is 32.9 Å². The van der Waals surface area contributed by atoms with Crippen molar-refractivity contribution in [3.8, 4) is 11.3 Å². The van der Waals surface area contributed by atoms with Crippen molar-refractivity contribution >= 4 is 33.1 Å². The Bertz CT molecular complexity index is 1140. The number of aryl methyl sites for hydroxylation is 2. The van der Waals surface area contributed by atoms with Gasteiger partial charge in [-0.25, -0.2) is 0 Å². The van der Waals surface area contributed by atoms with E-state index in [-0.39, 0.29) is 0 Å². The monoisotopic (exact) mass is 311 g/mol. The highest BCUT2D eigenvalue weighted by molar-refractivity contribution is 6.17. The molecule has 24 heavy (non-hydrogen) atoms. The summed E-state index contributed by atoms with van der Waals surface area (Å²) in [7, 11) is 4.36. The number of hydrogen-bond acceptors (Lipinski definition) is 1. The van der Waals surface area contributed by atoms with Crippen molar-refractivity contribution in [2.24, 2.45) is 7.05 Å². The van der Waals surface area contributed by atoms with Crippen LogP contribution in [0.3, 0.4) is 0 Å². The van der Waals surface area contributed by atoms with Crippen LogP contribution in [0.1, 0.15) is 5.56 Å². The molecule has 0 radical (unpaired) electrons. The first kappa shape index (κ1) is 13.6. The SMILES string of the molecule is Cc1cc2c3c([n+](C)c4ccccc4c3c1)-c1ccccc1N2C. The van der Waals surface area contributed by atoms with Crippen molar-refractivity contribution in [3.63, 3.8) is 0 Å². The summed E-state index contributed by atoms with van der Waals surface area (Å²) in [6.45, 7) is 2.19. The van der Waals surface area contributed by atoms with Crippen LogP contribution in [-0.4, -0.2) is 7.05 Å². The second-order valence-electron chi connectivity index (χ2n) is 6.71. The molecule has 0 saturated carbocycles. The minimum Gasteiger partial charge on any atom is -0.343 e. The fourth-order valence-corrected chi connectivity index (χ4v) is 4.19. The lowest BCUT2D eigenvalue weighted by atomic mass is 9.92. The Morgan fingerprint density at radius 2 is 1.58 bits per heavy atom. The fraction of sp³-hybridized carbons (Fsp3) is 0.136. The van der Waals surface area contributed by atoms with Crippen LogP contribution in [0.15, 0.2) is 60.7 Å². The highest BCUT2D eigenvalue weighted by Crippen LogP contribution is 2.46. The van der Waals surface area contributed by atoms with E-state index in [1.807, 2.05) is 0 Å². The lowest BCUT2D eigenvalue weighted by molar-refractivity contribution is -0.632. The van der Waals surface area contributed by atoms with Crippen LogP contribution < -0.4 is 9.47 Å². The normalized spacial score (nSPS) is 12.7. The van der Waals surface area contributed by atoms with Crippen molar-refractivity contribution in [1.82, 2.24) is 0 Å². The summed E-state index contributed by atoms with van der Waals surface area (Å²) in [5.74, 6) is 0. The van der Waals surface area contributed by atoms with E-state index in [4.69, 9.17) is 0 Å². The average Bonchev–Trinajstić information content (AvgIpc) is 2.61. The molecule has 0 unspecified atom stereocenters. The van der Waals surface area contributed by atoms with Crippen molar-refractivity contribution in [3.05, 3.63) is 66.2 Å². The Balaban J connectivity index is 2.14. The number of para-hydroxylation sites is 2. The smallest absolute Gasteiger partial charge is 0.224 e. The van der Waals surface area contributed by atoms with E-state index in [1.165, 1.54) is 49.9 Å². The molecule has 4 aromatic rings. The third-order valence-electron chi connectivity index (χ3n) is 5.27. The van der Waals surface area contributed by atoms with E-state index >= 15 is 0 Å². The molecule has 1 aliphatic rings. The molecule has 1 aromatic heterocycles. The summed E-state index contributed by atoms with van der Waals surface area (Å²) in [5.41, 5.74) is 7.74. The zero-order chi connectivity index (χ0) is 16.4. The number of anilines is 2. The minimum atomic E-state index is 1.27. The molecule has 1 aliphatic heterocycles. The Morgan fingerprint density at radius 1 is 0.833 bits per heavy atom. The largest absolute Gasteiger partial charge is 0.343 e. The van der Waals surface area contributed by atoms with Crippen LogP contribution >= 0.6 is 0 Å². The van der Waals surface area contributed by atoms with E-state index in [0.29, 0.717) is 0 Å². The summed E-state index contributed by atoms with van der Waals surface area (Å²) >= 11 is 0. The molecule has 5 rings (SSSR count). The van der Waals surface area contributed by atoms with Gasteiger partial charge in [-0.15, -0.1) is 0 Å². The van der Waals surface area contributed by atoms with Crippen LogP contribution in [0.4, 0.5) is 11.4 Å². The minimum absolute atomic E-state index is 1.27. The topological polar surface area (TPSA) is 7.12 Å². The maximum Gasteiger partial charge on any atom is 0.224 e. The summed E-state index contributed by atoms with van der Waals surface area (Å²) in [4.78, 5) is 2.33. The molecule has 2 heterocycles. The quantitative estimate of drug-likeness (QED) is 0.332. The first-order valence-corrected chi connectivity index (χ1v) is 8.35. The zero-order valence-electron chi connectivity index (χ0n) is 14.2. The molecule has 0 N–H and O–H groups in total. The standard InChI is InChI=1S/C22H19N2/c1-14-12-17-15-8-4-6-10-18(15)24(3)22-16-9-5-7-11-19(16)23(2)20(13-14)21(17)22/h4-13H,1-3H3/q+1. The lowest BCUT2D eigenvalue weighted by Gasteiger charge is -2.29. The highest BCUT2D eigenvalue weighted by Gasteiger charge is 2.30. The van der Waals surface area contributed by atoms with Crippen molar-refractivity contribution < 1.29 is 4.57 Å². The average molecular weight is 311 g/mol. The number of aromatic nitrogens is 1. The predicted molar refractivity (Wildman–Crippen MR) is 101 cm³/mol. The molecule has 3 aromatic carbocycles. The molecule has 116 valence electrons. The molecule has 0 bridgehead atoms. The molecule has 0 aliphatic carbocycles. The highest BCUT2D eigenvalue weighted by atomic mass is 15.1. The number of nitrogens with zero attached hydrogens (tertiary/aromatic N) is 2. The lowest BCUT2D eigenvalue weighted by Crippen LogP contribution is -2.34. The molecule has 0 amide bonds. The maximum absolute atomic E-state index is 2.35. The molecule has 0 fully saturated rings. The number of fused-ring (bicyclic) bond motifs is 4. The number of rotatable bonds is 0. The molecule has 0 spiro atoms. The van der Waals surface area contributed by atoms with Gasteiger partial charge in [0, 0.05) is 18.5 Å². The van der Waals surface area contributed by atoms with Gasteiger partial charge in [-0.05, 0) is 36.8 Å². The van der Waals surface area contributed by atoms with Crippen LogP contribution in [0.5, 0.6) is 0 Å². The van der Waals surface area contributed by atoms with Gasteiger partial charge in [0.1, 0.15) is 7.05 Å². The number of hydrogen-bond donors (Lipinski definition) is 0. The van der Waals surface area contributed by atoms with E-state index in [0.717, 1.165) is 0 Å². The van der Waals surface area contributed by atoms with E-state index < -0.39 is 0 Å². The van der Waals surface area contributed by atoms with E-state index in [9.17, 15) is 0 Å². The Kier molecular flexibility index (Phi) is 2.58. The van der Waals surface area contributed by atoms with Gasteiger partial charge in [-0.3, -0.25) is 0 Å². The maximum atomic E-state index is 2.35. The summed E-state index contributed by atoms with van der Waals surface area (Å²) in [5, 5.41) is 4.01. The molecule has 2 heteroatoms. The second-order valence-corrected chi connectivity index (χ2v) is 6.71. The molecular weight excluding hydrogens is 292 g/mol. The van der Waals surface area contributed by atoms with Crippen LogP contribution in [0.2, 0.25) is 0 Å². The van der Waals surface area contributed by atoms with Crippen molar-refractivity contribution in [2.45, 2.75) is 6.92 Å². The molecule has 2 nitrogen and oxygen atoms in total. The van der Waals surface area contributed by atoms with Gasteiger partial charge in [-0.2, -0.15) is 4.57 Å². The van der Waals surface area contributed by atoms with Crippen molar-refractivity contribution in [1.29, 1.82) is 0 Å². The van der Waals surface area contributed by atoms with Crippen LogP contribution in [0, 0.1) is 6.92 Å². The third-order valence-corrected chi connectivity index (χ3v) is 5.27. The molecule has 0 saturated heterocycles. The van der Waals surface area contributed by atoms with Gasteiger partial charge in [0.15, 0.2) is 0 Å². The van der Waals surface area contributed by atoms with E-state index in [2.05, 4.69) is 91.1 Å². The Hall–Kier alpha value is -2.87. The van der Waals surface area contributed by atoms with E-state index in [1.54, 1.807) is 0 Å². The van der Waals surface area contributed by atoms with Crippen LogP contribution in [-0.2, 0) is 7.05 Å². The van der Waals surface area contributed by atoms with Gasteiger partial charge in [0.25, 0.3) is 0 Å². The Morgan fingerprint density at radius 3 is 2.46 bits per heavy atom. The van der Waals surface area contributed by atoms with Gasteiger partial charge in [0.05, 0.1) is 27.7 Å². The predicted octanol–water partition coefficient (Wildman–Crippen LogP) is 4.87. The summed E-state index contributed by atoms with van der Waals surface area (Å²) < 4.78 is 2.35. The first-order chi connectivity index (χ1) is 11.7. The summed E-state index contributed by atoms with van der Waals surface area (Å²) in [6, 6.07) is 22.0. The first-order valence-electron chi connectivity index (χ1n) is 8.35. The van der Waals surface area contributed by atoms with Gasteiger partial charge < -0.3 is 4.90 Å². The Labute approximate surface area is 141 Å². The zero-order valence-corrected chi connectivity index (χ0v) is 14.2. The number of benzene rings is 3. The third kappa shape index (κ3) is 1.58. The number of pyridine rings is 1. The van der Waals surface area contributed by atoms with Crippen molar-refractivity contribution in [2.75, 3.05) is 11.9 Å². The van der Waals surface area contributed by atoms with Gasteiger partial charge in [0.2, 0.25) is 11.2 Å². The second kappa shape index (κ2) is 4.57.